The lowest BCUT2D eigenvalue weighted by atomic mass is 10.0. The van der Waals surface area contributed by atoms with Gasteiger partial charge < -0.3 is 0 Å². The van der Waals surface area contributed by atoms with Crippen molar-refractivity contribution >= 4 is 27.4 Å². The number of nitrogens with zero attached hydrogens (tertiary/aromatic N) is 1. The van der Waals surface area contributed by atoms with Crippen LogP contribution in [0.1, 0.15) is 18.1 Å². The van der Waals surface area contributed by atoms with E-state index in [1.54, 1.807) is 6.92 Å². The second-order valence-corrected chi connectivity index (χ2v) is 3.94. The molecule has 1 heterocycles. The van der Waals surface area contributed by atoms with E-state index < -0.39 is 0 Å². The van der Waals surface area contributed by atoms with Gasteiger partial charge in [0, 0.05) is 17.0 Å². The van der Waals surface area contributed by atoms with Crippen LogP contribution in [0.4, 0.5) is 0 Å². The van der Waals surface area contributed by atoms with Crippen LogP contribution < -0.4 is 0 Å². The van der Waals surface area contributed by atoms with Crippen molar-refractivity contribution < 1.29 is 4.79 Å². The molecule has 0 spiro atoms. The van der Waals surface area contributed by atoms with Gasteiger partial charge in [0.1, 0.15) is 5.71 Å². The Morgan fingerprint density at radius 3 is 3.00 bits per heavy atom. The number of fused-ring (bicyclic) bond motifs is 1. The SMILES string of the molecule is CC(=O)C1=NCc2cc(Br)ccc21. The number of carbonyl (C=O) groups is 1. The fraction of sp³-hybridized carbons (Fsp3) is 0.200. The summed E-state index contributed by atoms with van der Waals surface area (Å²) in [6.07, 6.45) is 0. The Kier molecular flexibility index (Phi) is 2.04. The molecule has 3 heteroatoms. The minimum Gasteiger partial charge on any atom is -0.293 e. The lowest BCUT2D eigenvalue weighted by Crippen LogP contribution is -2.08. The topological polar surface area (TPSA) is 29.4 Å². The van der Waals surface area contributed by atoms with Crippen LogP contribution in [0.25, 0.3) is 0 Å². The highest BCUT2D eigenvalue weighted by atomic mass is 79.9. The second kappa shape index (κ2) is 3.07. The third kappa shape index (κ3) is 1.44. The van der Waals surface area contributed by atoms with Gasteiger partial charge in [0.15, 0.2) is 5.78 Å². The highest BCUT2D eigenvalue weighted by molar-refractivity contribution is 9.10. The molecule has 0 saturated carbocycles. The van der Waals surface area contributed by atoms with Gasteiger partial charge in [0.25, 0.3) is 0 Å². The first kappa shape index (κ1) is 8.63. The minimum absolute atomic E-state index is 0.0427. The standard InChI is InChI=1S/C10H8BrNO/c1-6(13)10-9-3-2-8(11)4-7(9)5-12-10/h2-4H,5H2,1H3. The second-order valence-electron chi connectivity index (χ2n) is 3.02. The zero-order valence-corrected chi connectivity index (χ0v) is 8.76. The average molecular weight is 238 g/mol. The number of hydrogen-bond donors (Lipinski definition) is 0. The Labute approximate surface area is 84.8 Å². The molecule has 1 aromatic rings. The maximum absolute atomic E-state index is 11.2. The zero-order chi connectivity index (χ0) is 9.42. The molecule has 0 radical (unpaired) electrons. The van der Waals surface area contributed by atoms with Gasteiger partial charge in [-0.2, -0.15) is 0 Å². The van der Waals surface area contributed by atoms with E-state index in [1.165, 1.54) is 0 Å². The summed E-state index contributed by atoms with van der Waals surface area (Å²) in [5.74, 6) is 0.0427. The molecule has 0 aliphatic carbocycles. The first-order chi connectivity index (χ1) is 6.18. The number of Topliss-reactive ketones (excluding diaryl/α,β-unsaturated/α-hetero) is 1. The van der Waals surface area contributed by atoms with Crippen molar-refractivity contribution in [3.05, 3.63) is 33.8 Å². The van der Waals surface area contributed by atoms with Crippen LogP contribution in [0.2, 0.25) is 0 Å². The summed E-state index contributed by atoms with van der Waals surface area (Å²) in [6, 6.07) is 5.88. The van der Waals surface area contributed by atoms with Gasteiger partial charge in [0.2, 0.25) is 0 Å². The molecule has 2 rings (SSSR count). The molecule has 1 aromatic carbocycles. The molecule has 0 amide bonds. The zero-order valence-electron chi connectivity index (χ0n) is 7.17. The predicted octanol–water partition coefficient (Wildman–Crippen LogP) is 2.34. The Morgan fingerprint density at radius 2 is 2.31 bits per heavy atom. The summed E-state index contributed by atoms with van der Waals surface area (Å²) in [7, 11) is 0. The summed E-state index contributed by atoms with van der Waals surface area (Å²) in [5, 5.41) is 0. The Hall–Kier alpha value is -0.960. The first-order valence-electron chi connectivity index (χ1n) is 4.02. The maximum atomic E-state index is 11.2. The molecule has 13 heavy (non-hydrogen) atoms. The first-order valence-corrected chi connectivity index (χ1v) is 4.82. The molecule has 0 unspecified atom stereocenters. The van der Waals surface area contributed by atoms with E-state index >= 15 is 0 Å². The van der Waals surface area contributed by atoms with E-state index in [9.17, 15) is 4.79 Å². The van der Waals surface area contributed by atoms with E-state index in [1.807, 2.05) is 18.2 Å². The van der Waals surface area contributed by atoms with Crippen molar-refractivity contribution in [1.29, 1.82) is 0 Å². The van der Waals surface area contributed by atoms with Crippen molar-refractivity contribution in [3.8, 4) is 0 Å². The number of carbonyl (C=O) groups excluding carboxylic acids is 1. The van der Waals surface area contributed by atoms with Crippen molar-refractivity contribution in [2.45, 2.75) is 13.5 Å². The molecule has 0 N–H and O–H groups in total. The molecule has 0 fully saturated rings. The molecular weight excluding hydrogens is 230 g/mol. The monoisotopic (exact) mass is 237 g/mol. The third-order valence-electron chi connectivity index (χ3n) is 2.06. The van der Waals surface area contributed by atoms with Gasteiger partial charge in [-0.1, -0.05) is 22.0 Å². The van der Waals surface area contributed by atoms with Crippen molar-refractivity contribution in [2.75, 3.05) is 0 Å². The summed E-state index contributed by atoms with van der Waals surface area (Å²) >= 11 is 3.39. The van der Waals surface area contributed by atoms with Crippen LogP contribution in [0, 0.1) is 0 Å². The van der Waals surface area contributed by atoms with Crippen molar-refractivity contribution in [1.82, 2.24) is 0 Å². The fourth-order valence-electron chi connectivity index (χ4n) is 1.47. The summed E-state index contributed by atoms with van der Waals surface area (Å²) in [6.45, 7) is 2.18. The van der Waals surface area contributed by atoms with Gasteiger partial charge in [-0.3, -0.25) is 9.79 Å². The van der Waals surface area contributed by atoms with Gasteiger partial charge in [-0.05, 0) is 17.7 Å². The molecule has 0 saturated heterocycles. The highest BCUT2D eigenvalue weighted by Gasteiger charge is 2.18. The molecule has 1 aliphatic rings. The molecule has 0 aromatic heterocycles. The molecule has 1 aliphatic heterocycles. The Balaban J connectivity index is 2.51. The fourth-order valence-corrected chi connectivity index (χ4v) is 1.88. The Morgan fingerprint density at radius 1 is 1.54 bits per heavy atom. The summed E-state index contributed by atoms with van der Waals surface area (Å²) in [4.78, 5) is 15.3. The van der Waals surface area contributed by atoms with Crippen molar-refractivity contribution in [3.63, 3.8) is 0 Å². The average Bonchev–Trinajstić information content (AvgIpc) is 2.46. The van der Waals surface area contributed by atoms with Crippen molar-refractivity contribution in [2.24, 2.45) is 4.99 Å². The van der Waals surface area contributed by atoms with Crippen LogP contribution in [0.5, 0.6) is 0 Å². The third-order valence-corrected chi connectivity index (χ3v) is 2.56. The van der Waals surface area contributed by atoms with Crippen LogP contribution in [-0.2, 0) is 11.3 Å². The number of benzene rings is 1. The summed E-state index contributed by atoms with van der Waals surface area (Å²) < 4.78 is 1.03. The minimum atomic E-state index is 0.0427. The number of aliphatic imine (C=N–C) groups is 1. The summed E-state index contributed by atoms with van der Waals surface area (Å²) in [5.41, 5.74) is 2.72. The van der Waals surface area contributed by atoms with Gasteiger partial charge in [0.05, 0.1) is 6.54 Å². The normalized spacial score (nSPS) is 13.8. The van der Waals surface area contributed by atoms with Gasteiger partial charge >= 0.3 is 0 Å². The quantitative estimate of drug-likeness (QED) is 0.738. The number of hydrogen-bond acceptors (Lipinski definition) is 2. The van der Waals surface area contributed by atoms with Crippen LogP contribution in [-0.4, -0.2) is 11.5 Å². The molecule has 2 nitrogen and oxygen atoms in total. The van der Waals surface area contributed by atoms with Crippen LogP contribution in [0.15, 0.2) is 27.7 Å². The van der Waals surface area contributed by atoms with E-state index in [4.69, 9.17) is 0 Å². The largest absolute Gasteiger partial charge is 0.293 e. The van der Waals surface area contributed by atoms with E-state index in [-0.39, 0.29) is 5.78 Å². The predicted molar refractivity (Wildman–Crippen MR) is 55.1 cm³/mol. The van der Waals surface area contributed by atoms with Gasteiger partial charge in [-0.15, -0.1) is 0 Å². The molecule has 66 valence electrons. The molecule has 0 bridgehead atoms. The van der Waals surface area contributed by atoms with E-state index in [0.717, 1.165) is 15.6 Å². The number of halogens is 1. The smallest absolute Gasteiger partial charge is 0.178 e. The number of rotatable bonds is 1. The van der Waals surface area contributed by atoms with Crippen LogP contribution in [0.3, 0.4) is 0 Å². The Bertz CT molecular complexity index is 409. The van der Waals surface area contributed by atoms with E-state index in [2.05, 4.69) is 20.9 Å². The number of ketones is 1. The van der Waals surface area contributed by atoms with E-state index in [0.29, 0.717) is 12.3 Å². The lowest BCUT2D eigenvalue weighted by Gasteiger charge is -1.99. The molecular formula is C10H8BrNO. The highest BCUT2D eigenvalue weighted by Crippen LogP contribution is 2.23. The maximum Gasteiger partial charge on any atom is 0.178 e. The van der Waals surface area contributed by atoms with Gasteiger partial charge in [-0.25, -0.2) is 0 Å². The molecule has 0 atom stereocenters. The van der Waals surface area contributed by atoms with Crippen LogP contribution >= 0.6 is 15.9 Å². The lowest BCUT2D eigenvalue weighted by molar-refractivity contribution is -0.111.